The van der Waals surface area contributed by atoms with Gasteiger partial charge in [0, 0.05) is 25.0 Å². The maximum absolute atomic E-state index is 13.1. The zero-order valence-corrected chi connectivity index (χ0v) is 18.9. The number of amides is 2. The van der Waals surface area contributed by atoms with E-state index in [0.29, 0.717) is 25.9 Å². The average molecular weight is 461 g/mol. The zero-order chi connectivity index (χ0) is 23.4. The molecule has 2 saturated carbocycles. The van der Waals surface area contributed by atoms with E-state index in [4.69, 9.17) is 4.74 Å². The third kappa shape index (κ3) is 3.37. The Bertz CT molecular complexity index is 1130. The summed E-state index contributed by atoms with van der Waals surface area (Å²) in [6.45, 7) is 1.08. The number of nitrogens with zero attached hydrogens (tertiary/aromatic N) is 1. The average Bonchev–Trinajstić information content (AvgIpc) is 3.18. The summed E-state index contributed by atoms with van der Waals surface area (Å²) in [5.74, 6) is -0.948. The molecule has 4 atom stereocenters. The summed E-state index contributed by atoms with van der Waals surface area (Å²) < 4.78 is 5.67. The van der Waals surface area contributed by atoms with Crippen LogP contribution in [0.2, 0.25) is 0 Å². The van der Waals surface area contributed by atoms with E-state index < -0.39 is 23.4 Å². The zero-order valence-electron chi connectivity index (χ0n) is 18.9. The van der Waals surface area contributed by atoms with Crippen molar-refractivity contribution in [3.8, 4) is 11.1 Å². The minimum atomic E-state index is -0.832. The quantitative estimate of drug-likeness (QED) is 0.711. The van der Waals surface area contributed by atoms with E-state index in [2.05, 4.69) is 29.6 Å². The number of ether oxygens (including phenoxy) is 1. The van der Waals surface area contributed by atoms with Gasteiger partial charge in [-0.3, -0.25) is 9.59 Å². The van der Waals surface area contributed by atoms with Gasteiger partial charge in [0.2, 0.25) is 5.91 Å². The Kier molecular flexibility index (Phi) is 4.90. The molecule has 2 aromatic carbocycles. The van der Waals surface area contributed by atoms with Crippen LogP contribution in [-0.4, -0.2) is 53.7 Å². The van der Waals surface area contributed by atoms with Gasteiger partial charge in [0.1, 0.15) is 6.61 Å². The minimum absolute atomic E-state index is 0.0143. The van der Waals surface area contributed by atoms with Crippen LogP contribution in [0.4, 0.5) is 4.79 Å². The van der Waals surface area contributed by atoms with Crippen molar-refractivity contribution in [1.82, 2.24) is 10.2 Å². The van der Waals surface area contributed by atoms with Crippen LogP contribution in [0, 0.1) is 17.3 Å². The highest BCUT2D eigenvalue weighted by molar-refractivity contribution is 5.88. The summed E-state index contributed by atoms with van der Waals surface area (Å²) in [6, 6.07) is 16.4. The Morgan fingerprint density at radius 1 is 1.03 bits per heavy atom. The fraction of sp³-hybridized carbons (Fsp3) is 0.444. The van der Waals surface area contributed by atoms with E-state index >= 15 is 0 Å². The first kappa shape index (κ1) is 21.2. The van der Waals surface area contributed by atoms with Crippen molar-refractivity contribution < 1.29 is 24.2 Å². The molecule has 7 heteroatoms. The van der Waals surface area contributed by atoms with Gasteiger partial charge in [0.15, 0.2) is 0 Å². The molecule has 4 aliphatic rings. The van der Waals surface area contributed by atoms with Crippen LogP contribution in [0.1, 0.15) is 42.7 Å². The lowest BCUT2D eigenvalue weighted by Crippen LogP contribution is -2.39. The Morgan fingerprint density at radius 3 is 2.35 bits per heavy atom. The molecule has 2 N–H and O–H groups in total. The third-order valence-corrected chi connectivity index (χ3v) is 8.33. The first-order chi connectivity index (χ1) is 16.5. The minimum Gasteiger partial charge on any atom is -0.481 e. The molecule has 3 aliphatic carbocycles. The van der Waals surface area contributed by atoms with Gasteiger partial charge in [-0.05, 0) is 53.9 Å². The standard InChI is InChI=1S/C27H28N2O5/c30-24(31)16-9-10-29(14-16)25(32)27-12-17(27)11-18(13-27)28-26(33)34-15-23-21-7-3-1-5-19(21)20-6-2-4-8-22(20)23/h1-8,16-18,23H,9-15H2,(H,28,33)(H,30,31). The van der Waals surface area contributed by atoms with Crippen LogP contribution in [0.5, 0.6) is 0 Å². The molecule has 2 aromatic rings. The third-order valence-electron chi connectivity index (χ3n) is 8.33. The van der Waals surface area contributed by atoms with Crippen LogP contribution in [-0.2, 0) is 14.3 Å². The number of carboxylic acid groups (broad SMARTS) is 1. The molecule has 0 bridgehead atoms. The number of aliphatic carboxylic acids is 1. The van der Waals surface area contributed by atoms with Crippen LogP contribution < -0.4 is 5.32 Å². The molecule has 176 valence electrons. The summed E-state index contributed by atoms with van der Waals surface area (Å²) in [5, 5.41) is 12.2. The van der Waals surface area contributed by atoms with E-state index in [1.165, 1.54) is 22.3 Å². The number of hydrogen-bond acceptors (Lipinski definition) is 4. The number of carboxylic acids is 1. The molecule has 6 rings (SSSR count). The highest BCUT2D eigenvalue weighted by Crippen LogP contribution is 2.64. The molecule has 7 nitrogen and oxygen atoms in total. The number of rotatable bonds is 5. The number of carbonyl (C=O) groups is 3. The lowest BCUT2D eigenvalue weighted by molar-refractivity contribution is -0.142. The number of hydrogen-bond donors (Lipinski definition) is 2. The number of benzene rings is 2. The molecule has 1 heterocycles. The van der Waals surface area contributed by atoms with Gasteiger partial charge < -0.3 is 20.1 Å². The number of carbonyl (C=O) groups excluding carboxylic acids is 2. The van der Waals surface area contributed by atoms with Crippen molar-refractivity contribution >= 4 is 18.0 Å². The summed E-state index contributed by atoms with van der Waals surface area (Å²) in [5.41, 5.74) is 4.31. The summed E-state index contributed by atoms with van der Waals surface area (Å²) in [6.07, 6.45) is 2.29. The SMILES string of the molecule is O=C(NC1CC2CC2(C(=O)N2CCC(C(=O)O)C2)C1)OCC1c2ccccc2-c2ccccc21. The largest absolute Gasteiger partial charge is 0.481 e. The van der Waals surface area contributed by atoms with Gasteiger partial charge in [-0.25, -0.2) is 4.79 Å². The van der Waals surface area contributed by atoms with Gasteiger partial charge >= 0.3 is 12.1 Å². The second-order valence-corrected chi connectivity index (χ2v) is 10.2. The second-order valence-electron chi connectivity index (χ2n) is 10.2. The fourth-order valence-corrected chi connectivity index (χ4v) is 6.53. The molecule has 0 aromatic heterocycles. The van der Waals surface area contributed by atoms with Crippen molar-refractivity contribution in [2.75, 3.05) is 19.7 Å². The van der Waals surface area contributed by atoms with Crippen molar-refractivity contribution in [1.29, 1.82) is 0 Å². The van der Waals surface area contributed by atoms with Crippen LogP contribution in [0.15, 0.2) is 48.5 Å². The molecular weight excluding hydrogens is 432 g/mol. The predicted molar refractivity (Wildman–Crippen MR) is 124 cm³/mol. The fourth-order valence-electron chi connectivity index (χ4n) is 6.53. The molecule has 0 spiro atoms. The van der Waals surface area contributed by atoms with Gasteiger partial charge in [0.05, 0.1) is 11.3 Å². The Hall–Kier alpha value is -3.35. The first-order valence-corrected chi connectivity index (χ1v) is 12.1. The molecular formula is C27H28N2O5. The topological polar surface area (TPSA) is 95.9 Å². The van der Waals surface area contributed by atoms with E-state index in [1.54, 1.807) is 4.90 Å². The first-order valence-electron chi connectivity index (χ1n) is 12.1. The second kappa shape index (κ2) is 7.86. The molecule has 2 amide bonds. The summed E-state index contributed by atoms with van der Waals surface area (Å²) >= 11 is 0. The van der Waals surface area contributed by atoms with E-state index in [0.717, 1.165) is 12.8 Å². The maximum Gasteiger partial charge on any atom is 0.407 e. The lowest BCUT2D eigenvalue weighted by Gasteiger charge is -2.23. The molecule has 1 aliphatic heterocycles. The molecule has 1 saturated heterocycles. The molecule has 3 fully saturated rings. The van der Waals surface area contributed by atoms with Crippen molar-refractivity contribution in [3.05, 3.63) is 59.7 Å². The number of nitrogens with one attached hydrogen (secondary N) is 1. The monoisotopic (exact) mass is 460 g/mol. The normalized spacial score (nSPS) is 28.7. The Morgan fingerprint density at radius 2 is 1.71 bits per heavy atom. The predicted octanol–water partition coefficient (Wildman–Crippen LogP) is 3.63. The van der Waals surface area contributed by atoms with Gasteiger partial charge in [0.25, 0.3) is 0 Å². The number of fused-ring (bicyclic) bond motifs is 4. The summed E-state index contributed by atoms with van der Waals surface area (Å²) in [4.78, 5) is 38.8. The van der Waals surface area contributed by atoms with E-state index in [1.807, 2.05) is 24.3 Å². The van der Waals surface area contributed by atoms with E-state index in [-0.39, 0.29) is 30.4 Å². The number of alkyl carbamates (subject to hydrolysis) is 1. The van der Waals surface area contributed by atoms with Crippen LogP contribution in [0.25, 0.3) is 11.1 Å². The number of likely N-dealkylation sites (tertiary alicyclic amines) is 1. The maximum atomic E-state index is 13.1. The van der Waals surface area contributed by atoms with Gasteiger partial charge in [-0.2, -0.15) is 0 Å². The molecule has 34 heavy (non-hydrogen) atoms. The Balaban J connectivity index is 1.05. The molecule has 4 unspecified atom stereocenters. The smallest absolute Gasteiger partial charge is 0.407 e. The van der Waals surface area contributed by atoms with Crippen molar-refractivity contribution in [2.45, 2.75) is 37.6 Å². The lowest BCUT2D eigenvalue weighted by atomic mass is 9.98. The molecule has 0 radical (unpaired) electrons. The highest BCUT2D eigenvalue weighted by Gasteiger charge is 2.66. The summed E-state index contributed by atoms with van der Waals surface area (Å²) in [7, 11) is 0. The van der Waals surface area contributed by atoms with Crippen molar-refractivity contribution in [3.63, 3.8) is 0 Å². The Labute approximate surface area is 198 Å². The van der Waals surface area contributed by atoms with Crippen molar-refractivity contribution in [2.24, 2.45) is 17.3 Å². The van der Waals surface area contributed by atoms with Crippen LogP contribution in [0.3, 0.4) is 0 Å². The van der Waals surface area contributed by atoms with Gasteiger partial charge in [-0.1, -0.05) is 48.5 Å². The van der Waals surface area contributed by atoms with E-state index in [9.17, 15) is 19.5 Å². The highest BCUT2D eigenvalue weighted by atomic mass is 16.5. The van der Waals surface area contributed by atoms with Crippen LogP contribution >= 0.6 is 0 Å². The van der Waals surface area contributed by atoms with Gasteiger partial charge in [-0.15, -0.1) is 0 Å².